The molecule has 3 N–H and O–H groups in total. The van der Waals surface area contributed by atoms with E-state index in [9.17, 15) is 20.1 Å². The van der Waals surface area contributed by atoms with Gasteiger partial charge in [0.1, 0.15) is 30.2 Å². The zero-order chi connectivity index (χ0) is 29.5. The molecule has 0 aromatic rings. The zero-order valence-corrected chi connectivity index (χ0v) is 26.4. The van der Waals surface area contributed by atoms with Crippen molar-refractivity contribution in [2.45, 2.75) is 149 Å². The highest BCUT2D eigenvalue weighted by Crippen LogP contribution is 2.76. The van der Waals surface area contributed by atoms with E-state index in [1.165, 1.54) is 5.57 Å². The molecule has 0 aromatic heterocycles. The van der Waals surface area contributed by atoms with Crippen molar-refractivity contribution in [2.24, 2.45) is 50.2 Å². The molecule has 0 radical (unpaired) electrons. The molecule has 7 unspecified atom stereocenters. The lowest BCUT2D eigenvalue weighted by atomic mass is 9.33. The van der Waals surface area contributed by atoms with E-state index in [0.29, 0.717) is 24.0 Å². The Labute approximate surface area is 246 Å². The molecule has 41 heavy (non-hydrogen) atoms. The Kier molecular flexibility index (Phi) is 6.13. The summed E-state index contributed by atoms with van der Waals surface area (Å²) < 4.78 is 11.6. The Morgan fingerprint density at radius 2 is 1.59 bits per heavy atom. The van der Waals surface area contributed by atoms with E-state index in [2.05, 4.69) is 54.5 Å². The lowest BCUT2D eigenvalue weighted by Crippen LogP contribution is -2.66. The summed E-state index contributed by atoms with van der Waals surface area (Å²) in [6.45, 7) is 16.8. The SMILES string of the molecule is CC1(C)CC[C@]2(C(O)[C@@H]3OC4O[C@@H]4C(O)C3O)CC[C@]3(C)C(=CCC4[C@@]5(C)CCC(=O)C(C)(C)C5CC[C@]43C)C2C1. The standard InChI is InChI=1S/C35H54O6/c1-30(2)14-16-35(28(39)26-24(37)25(38)27-29(40-26)41-27)17-15-33(6)19(20(35)18-30)8-9-22-32(5)12-11-23(36)31(3,4)21(32)10-13-34(22,33)7/h8,20-22,24-29,37-39H,9-18H2,1-7H3/t20?,21?,22?,24?,25?,26-,27-,28?,29?,32+,33-,34-,35+/m1/s1. The van der Waals surface area contributed by atoms with Crippen molar-refractivity contribution in [3.05, 3.63) is 11.6 Å². The van der Waals surface area contributed by atoms with Crippen LogP contribution >= 0.6 is 0 Å². The molecule has 6 fully saturated rings. The van der Waals surface area contributed by atoms with Crippen molar-refractivity contribution in [3.8, 4) is 0 Å². The average Bonchev–Trinajstić information content (AvgIpc) is 3.68. The fraction of sp³-hybridized carbons (Fsp3) is 0.914. The molecule has 6 nitrogen and oxygen atoms in total. The van der Waals surface area contributed by atoms with Gasteiger partial charge in [0, 0.05) is 17.3 Å². The molecule has 7 aliphatic rings. The van der Waals surface area contributed by atoms with Gasteiger partial charge in [-0.2, -0.15) is 0 Å². The third-order valence-electron chi connectivity index (χ3n) is 15.1. The Balaban J connectivity index is 1.28. The van der Waals surface area contributed by atoms with Crippen LogP contribution in [0.1, 0.15) is 113 Å². The molecule has 4 saturated carbocycles. The summed E-state index contributed by atoms with van der Waals surface area (Å²) in [5.74, 6) is 1.61. The van der Waals surface area contributed by atoms with Crippen LogP contribution in [0.25, 0.3) is 0 Å². The number of carbonyl (C=O) groups is 1. The van der Waals surface area contributed by atoms with Gasteiger partial charge in [0.15, 0.2) is 6.29 Å². The van der Waals surface area contributed by atoms with Crippen LogP contribution in [0.3, 0.4) is 0 Å². The maximum Gasteiger partial charge on any atom is 0.187 e. The second kappa shape index (κ2) is 8.68. The second-order valence-electron chi connectivity index (χ2n) is 17.6. The molecular weight excluding hydrogens is 516 g/mol. The van der Waals surface area contributed by atoms with Crippen LogP contribution in [0.15, 0.2) is 11.6 Å². The van der Waals surface area contributed by atoms with Gasteiger partial charge in [-0.15, -0.1) is 0 Å². The summed E-state index contributed by atoms with van der Waals surface area (Å²) in [7, 11) is 0. The molecule has 5 aliphatic carbocycles. The summed E-state index contributed by atoms with van der Waals surface area (Å²) in [6, 6.07) is 0. The highest BCUT2D eigenvalue weighted by Gasteiger charge is 2.70. The van der Waals surface area contributed by atoms with Crippen molar-refractivity contribution < 1.29 is 29.6 Å². The monoisotopic (exact) mass is 570 g/mol. The predicted molar refractivity (Wildman–Crippen MR) is 156 cm³/mol. The highest BCUT2D eigenvalue weighted by molar-refractivity contribution is 5.85. The largest absolute Gasteiger partial charge is 0.390 e. The van der Waals surface area contributed by atoms with Gasteiger partial charge in [0.25, 0.3) is 0 Å². The number of ketones is 1. The number of fused-ring (bicyclic) bond motifs is 8. The summed E-state index contributed by atoms with van der Waals surface area (Å²) in [5, 5.41) is 33.9. The van der Waals surface area contributed by atoms with Gasteiger partial charge in [-0.3, -0.25) is 4.79 Å². The van der Waals surface area contributed by atoms with Crippen molar-refractivity contribution in [2.75, 3.05) is 0 Å². The topological polar surface area (TPSA) is 99.5 Å². The number of aliphatic hydroxyl groups is 3. The van der Waals surface area contributed by atoms with Crippen LogP contribution < -0.4 is 0 Å². The summed E-state index contributed by atoms with van der Waals surface area (Å²) in [4.78, 5) is 13.1. The van der Waals surface area contributed by atoms with Crippen LogP contribution in [0.2, 0.25) is 0 Å². The normalized spacial score (nSPS) is 55.8. The lowest BCUT2D eigenvalue weighted by molar-refractivity contribution is -0.225. The van der Waals surface area contributed by atoms with Gasteiger partial charge >= 0.3 is 0 Å². The van der Waals surface area contributed by atoms with E-state index in [-0.39, 0.29) is 33.0 Å². The first-order valence-corrected chi connectivity index (χ1v) is 16.6. The summed E-state index contributed by atoms with van der Waals surface area (Å²) in [5.41, 5.74) is 1.35. The zero-order valence-electron chi connectivity index (χ0n) is 26.4. The molecule has 0 aromatic carbocycles. The van der Waals surface area contributed by atoms with E-state index in [0.717, 1.165) is 57.8 Å². The number of carbonyl (C=O) groups excluding carboxylic acids is 1. The fourth-order valence-electron chi connectivity index (χ4n) is 12.3. The minimum absolute atomic E-state index is 0.0209. The van der Waals surface area contributed by atoms with Crippen LogP contribution in [-0.2, 0) is 14.3 Å². The number of Topliss-reactive ketones (excluding diaryl/α,β-unsaturated/α-hetero) is 1. The first-order chi connectivity index (χ1) is 19.0. The van der Waals surface area contributed by atoms with E-state index in [4.69, 9.17) is 9.47 Å². The number of rotatable bonds is 2. The molecule has 13 atom stereocenters. The number of ether oxygens (including phenoxy) is 2. The van der Waals surface area contributed by atoms with E-state index >= 15 is 0 Å². The third kappa shape index (κ3) is 3.63. The molecule has 2 heterocycles. The molecule has 6 heteroatoms. The molecule has 0 amide bonds. The van der Waals surface area contributed by atoms with Crippen LogP contribution in [0.5, 0.6) is 0 Å². The van der Waals surface area contributed by atoms with Gasteiger partial charge in [-0.25, -0.2) is 0 Å². The predicted octanol–water partition coefficient (Wildman–Crippen LogP) is 5.56. The van der Waals surface area contributed by atoms with Crippen molar-refractivity contribution >= 4 is 5.78 Å². The lowest BCUT2D eigenvalue weighted by Gasteiger charge is -2.71. The minimum atomic E-state index is -1.15. The van der Waals surface area contributed by atoms with Gasteiger partial charge in [0.05, 0.1) is 6.10 Å². The molecule has 0 bridgehead atoms. The van der Waals surface area contributed by atoms with Gasteiger partial charge in [0.2, 0.25) is 0 Å². The highest BCUT2D eigenvalue weighted by atomic mass is 16.8. The number of epoxide rings is 1. The van der Waals surface area contributed by atoms with Crippen molar-refractivity contribution in [1.29, 1.82) is 0 Å². The Hall–Kier alpha value is -0.790. The molecule has 7 rings (SSSR count). The van der Waals surface area contributed by atoms with Gasteiger partial charge in [-0.1, -0.05) is 60.1 Å². The fourth-order valence-corrected chi connectivity index (χ4v) is 12.3. The molecular formula is C35H54O6. The Morgan fingerprint density at radius 1 is 0.878 bits per heavy atom. The summed E-state index contributed by atoms with van der Waals surface area (Å²) >= 11 is 0. The molecule has 2 aliphatic heterocycles. The van der Waals surface area contributed by atoms with Crippen LogP contribution in [0, 0.1) is 50.2 Å². The second-order valence-corrected chi connectivity index (χ2v) is 17.6. The first-order valence-electron chi connectivity index (χ1n) is 16.6. The molecule has 2 saturated heterocycles. The van der Waals surface area contributed by atoms with Gasteiger partial charge < -0.3 is 24.8 Å². The maximum absolute atomic E-state index is 13.1. The number of allylic oxidation sites excluding steroid dienone is 2. The molecule has 230 valence electrons. The average molecular weight is 571 g/mol. The number of hydrogen-bond acceptors (Lipinski definition) is 6. The first kappa shape index (κ1) is 29.0. The minimum Gasteiger partial charge on any atom is -0.390 e. The quantitative estimate of drug-likeness (QED) is 0.297. The van der Waals surface area contributed by atoms with E-state index in [1.807, 2.05) is 0 Å². The smallest absolute Gasteiger partial charge is 0.187 e. The Bertz CT molecular complexity index is 1160. The van der Waals surface area contributed by atoms with E-state index < -0.39 is 42.2 Å². The number of aliphatic hydroxyl groups excluding tert-OH is 3. The van der Waals surface area contributed by atoms with Crippen molar-refractivity contribution in [3.63, 3.8) is 0 Å². The maximum atomic E-state index is 13.1. The van der Waals surface area contributed by atoms with Crippen LogP contribution in [-0.4, -0.2) is 57.9 Å². The van der Waals surface area contributed by atoms with E-state index in [1.54, 1.807) is 0 Å². The Morgan fingerprint density at radius 3 is 2.32 bits per heavy atom. The molecule has 0 spiro atoms. The van der Waals surface area contributed by atoms with Crippen LogP contribution in [0.4, 0.5) is 0 Å². The van der Waals surface area contributed by atoms with Crippen molar-refractivity contribution in [1.82, 2.24) is 0 Å². The third-order valence-corrected chi connectivity index (χ3v) is 15.1. The summed E-state index contributed by atoms with van der Waals surface area (Å²) in [6.07, 6.45) is 7.55. The number of hydrogen-bond donors (Lipinski definition) is 3. The van der Waals surface area contributed by atoms with Gasteiger partial charge in [-0.05, 0) is 97.2 Å².